The fourth-order valence-electron chi connectivity index (χ4n) is 2.89. The average Bonchev–Trinajstić information content (AvgIpc) is 2.80. The van der Waals surface area contributed by atoms with Gasteiger partial charge < -0.3 is 15.4 Å². The van der Waals surface area contributed by atoms with Gasteiger partial charge in [-0.15, -0.1) is 0 Å². The van der Waals surface area contributed by atoms with E-state index in [1.54, 1.807) is 6.92 Å². The summed E-state index contributed by atoms with van der Waals surface area (Å²) < 4.78 is 5.70. The first-order valence-corrected chi connectivity index (χ1v) is 8.42. The first-order valence-electron chi connectivity index (χ1n) is 8.42. The number of nitrogens with zero attached hydrogens (tertiary/aromatic N) is 1. The van der Waals surface area contributed by atoms with Crippen molar-refractivity contribution in [3.63, 3.8) is 0 Å². The molecule has 1 amide bonds. The molecule has 3 rings (SSSR count). The number of aromatic amines is 1. The lowest BCUT2D eigenvalue weighted by Crippen LogP contribution is -2.35. The molecule has 1 aliphatic rings. The van der Waals surface area contributed by atoms with Crippen molar-refractivity contribution in [3.05, 3.63) is 51.9 Å². The normalized spacial score (nSPS) is 16.3. The number of anilines is 1. The van der Waals surface area contributed by atoms with Crippen LogP contribution in [0, 0.1) is 12.8 Å². The largest absolute Gasteiger partial charge is 0.493 e. The van der Waals surface area contributed by atoms with Crippen LogP contribution in [0.15, 0.2) is 35.1 Å². The maximum absolute atomic E-state index is 12.4. The second-order valence-corrected chi connectivity index (χ2v) is 6.10. The molecule has 25 heavy (non-hydrogen) atoms. The summed E-state index contributed by atoms with van der Waals surface area (Å²) in [6.45, 7) is 3.24. The maximum atomic E-state index is 12.4. The molecule has 0 saturated carbocycles. The van der Waals surface area contributed by atoms with E-state index in [-0.39, 0.29) is 17.4 Å². The fraction of sp³-hybridized carbons (Fsp3) is 0.389. The summed E-state index contributed by atoms with van der Waals surface area (Å²) in [4.78, 5) is 30.6. The quantitative estimate of drug-likeness (QED) is 0.711. The Bertz CT molecular complexity index is 803. The van der Waals surface area contributed by atoms with E-state index in [9.17, 15) is 9.59 Å². The number of hydrogen-bond acceptors (Lipinski definition) is 5. The van der Waals surface area contributed by atoms with Crippen molar-refractivity contribution in [2.45, 2.75) is 19.8 Å². The lowest BCUT2D eigenvalue weighted by atomic mass is 9.96. The minimum absolute atomic E-state index is 0.0211. The first-order chi connectivity index (χ1) is 12.1. The van der Waals surface area contributed by atoms with Crippen LogP contribution < -0.4 is 20.9 Å². The first kappa shape index (κ1) is 17.0. The molecular formula is C18H22N4O3. The average molecular weight is 342 g/mol. The van der Waals surface area contributed by atoms with Gasteiger partial charge in [0.1, 0.15) is 5.75 Å². The van der Waals surface area contributed by atoms with Gasteiger partial charge in [-0.3, -0.25) is 14.6 Å². The van der Waals surface area contributed by atoms with Gasteiger partial charge >= 0.3 is 0 Å². The summed E-state index contributed by atoms with van der Waals surface area (Å²) in [6.07, 6.45) is 1.38. The summed E-state index contributed by atoms with van der Waals surface area (Å²) in [7, 11) is 0. The van der Waals surface area contributed by atoms with E-state index in [1.165, 1.54) is 6.07 Å². The molecule has 0 aliphatic carbocycles. The molecule has 0 spiro atoms. The van der Waals surface area contributed by atoms with Gasteiger partial charge in [-0.1, -0.05) is 18.2 Å². The fourth-order valence-corrected chi connectivity index (χ4v) is 2.89. The van der Waals surface area contributed by atoms with Crippen LogP contribution in [-0.2, 0) is 11.2 Å². The van der Waals surface area contributed by atoms with Gasteiger partial charge in [0.15, 0.2) is 0 Å². The van der Waals surface area contributed by atoms with Gasteiger partial charge in [0.2, 0.25) is 11.9 Å². The number of ether oxygens (including phenoxy) is 1. The second-order valence-electron chi connectivity index (χ2n) is 6.10. The monoisotopic (exact) mass is 342 g/mol. The summed E-state index contributed by atoms with van der Waals surface area (Å²) in [5.41, 5.74) is 1.52. The van der Waals surface area contributed by atoms with E-state index in [2.05, 4.69) is 20.6 Å². The molecule has 132 valence electrons. The third-order valence-electron chi connectivity index (χ3n) is 4.12. The van der Waals surface area contributed by atoms with E-state index in [0.717, 1.165) is 11.3 Å². The Labute approximate surface area is 145 Å². The second kappa shape index (κ2) is 7.83. The summed E-state index contributed by atoms with van der Waals surface area (Å²) >= 11 is 0. The van der Waals surface area contributed by atoms with Gasteiger partial charge in [-0.2, -0.15) is 0 Å². The molecule has 0 radical (unpaired) electrons. The van der Waals surface area contributed by atoms with E-state index in [1.807, 2.05) is 24.3 Å². The lowest BCUT2D eigenvalue weighted by molar-refractivity contribution is -0.125. The van der Waals surface area contributed by atoms with Crippen LogP contribution in [0.2, 0.25) is 0 Å². The highest BCUT2D eigenvalue weighted by atomic mass is 16.5. The van der Waals surface area contributed by atoms with E-state index >= 15 is 0 Å². The van der Waals surface area contributed by atoms with E-state index in [4.69, 9.17) is 4.74 Å². The number of aromatic nitrogens is 2. The van der Waals surface area contributed by atoms with Crippen molar-refractivity contribution in [1.82, 2.24) is 15.3 Å². The third-order valence-corrected chi connectivity index (χ3v) is 4.12. The Kier molecular flexibility index (Phi) is 5.33. The number of carbonyl (C=O) groups is 1. The van der Waals surface area contributed by atoms with E-state index < -0.39 is 0 Å². The molecule has 2 aromatic rings. The van der Waals surface area contributed by atoms with Crippen LogP contribution in [0.25, 0.3) is 0 Å². The number of fused-ring (bicyclic) bond motifs is 1. The molecule has 0 bridgehead atoms. The number of aryl methyl sites for hydroxylation is 1. The maximum Gasteiger partial charge on any atom is 0.252 e. The molecule has 7 heteroatoms. The van der Waals surface area contributed by atoms with Gasteiger partial charge in [0, 0.05) is 30.8 Å². The van der Waals surface area contributed by atoms with Crippen molar-refractivity contribution in [2.75, 3.05) is 25.0 Å². The Balaban J connectivity index is 1.48. The smallest absolute Gasteiger partial charge is 0.252 e. The van der Waals surface area contributed by atoms with Crippen molar-refractivity contribution >= 4 is 11.9 Å². The minimum Gasteiger partial charge on any atom is -0.493 e. The standard InChI is InChI=1S/C18H22N4O3/c1-12-10-16(23)22-18(21-12)20-8-7-19-17(24)14-6-9-25-15-5-3-2-4-13(15)11-14/h2-5,10,14H,6-9,11H2,1H3,(H,19,24)(H2,20,21,22,23)/t14-/m0/s1. The molecular weight excluding hydrogens is 320 g/mol. The van der Waals surface area contributed by atoms with Gasteiger partial charge in [0.05, 0.1) is 6.61 Å². The number of nitrogens with one attached hydrogen (secondary N) is 3. The molecule has 2 heterocycles. The van der Waals surface area contributed by atoms with Crippen molar-refractivity contribution in [1.29, 1.82) is 0 Å². The number of H-pyrrole nitrogens is 1. The van der Waals surface area contributed by atoms with Gasteiger partial charge in [-0.25, -0.2) is 4.98 Å². The molecule has 0 fully saturated rings. The predicted octanol–water partition coefficient (Wildman–Crippen LogP) is 1.25. The molecule has 0 unspecified atom stereocenters. The molecule has 1 aromatic heterocycles. The number of para-hydroxylation sites is 1. The van der Waals surface area contributed by atoms with Gasteiger partial charge in [-0.05, 0) is 31.4 Å². The Morgan fingerprint density at radius 3 is 3.04 bits per heavy atom. The number of carbonyl (C=O) groups excluding carboxylic acids is 1. The van der Waals surface area contributed by atoms with Crippen LogP contribution in [0.4, 0.5) is 5.95 Å². The van der Waals surface area contributed by atoms with Crippen LogP contribution >= 0.6 is 0 Å². The Morgan fingerprint density at radius 1 is 1.36 bits per heavy atom. The molecule has 1 aliphatic heterocycles. The zero-order valence-electron chi connectivity index (χ0n) is 14.2. The zero-order valence-corrected chi connectivity index (χ0v) is 14.2. The summed E-state index contributed by atoms with van der Waals surface area (Å²) in [5.74, 6) is 1.21. The molecule has 3 N–H and O–H groups in total. The number of benzene rings is 1. The summed E-state index contributed by atoms with van der Waals surface area (Å²) in [5, 5.41) is 5.94. The van der Waals surface area contributed by atoms with Crippen LogP contribution in [-0.4, -0.2) is 35.6 Å². The lowest BCUT2D eigenvalue weighted by Gasteiger charge is -2.14. The van der Waals surface area contributed by atoms with Crippen molar-refractivity contribution < 1.29 is 9.53 Å². The van der Waals surface area contributed by atoms with Crippen molar-refractivity contribution in [2.24, 2.45) is 5.92 Å². The van der Waals surface area contributed by atoms with Crippen LogP contribution in [0.1, 0.15) is 17.7 Å². The SMILES string of the molecule is Cc1cc(=O)[nH]c(NCCNC(=O)[C@H]2CCOc3ccccc3C2)n1. The Hall–Kier alpha value is -2.83. The third kappa shape index (κ3) is 4.59. The van der Waals surface area contributed by atoms with Crippen LogP contribution in [0.5, 0.6) is 5.75 Å². The number of hydrogen-bond donors (Lipinski definition) is 3. The summed E-state index contributed by atoms with van der Waals surface area (Å²) in [6, 6.07) is 9.27. The highest BCUT2D eigenvalue weighted by Gasteiger charge is 2.23. The van der Waals surface area contributed by atoms with E-state index in [0.29, 0.717) is 44.2 Å². The van der Waals surface area contributed by atoms with Crippen molar-refractivity contribution in [3.8, 4) is 5.75 Å². The number of amides is 1. The topological polar surface area (TPSA) is 96.1 Å². The molecule has 0 saturated heterocycles. The predicted molar refractivity (Wildman–Crippen MR) is 94.8 cm³/mol. The highest BCUT2D eigenvalue weighted by molar-refractivity contribution is 5.79. The molecule has 1 atom stereocenters. The minimum atomic E-state index is -0.198. The molecule has 7 nitrogen and oxygen atoms in total. The Morgan fingerprint density at radius 2 is 2.20 bits per heavy atom. The molecule has 1 aromatic carbocycles. The van der Waals surface area contributed by atoms with Crippen LogP contribution in [0.3, 0.4) is 0 Å². The zero-order chi connectivity index (χ0) is 17.6. The van der Waals surface area contributed by atoms with Gasteiger partial charge in [0.25, 0.3) is 5.56 Å². The number of rotatable bonds is 5. The highest BCUT2D eigenvalue weighted by Crippen LogP contribution is 2.26.